The van der Waals surface area contributed by atoms with Crippen molar-refractivity contribution in [1.82, 2.24) is 19.7 Å². The zero-order valence-electron chi connectivity index (χ0n) is 17.3. The number of thioether (sulfide) groups is 1. The number of amides is 1. The Balaban J connectivity index is 1.34. The number of rotatable bonds is 8. The molecule has 0 aliphatic heterocycles. The van der Waals surface area contributed by atoms with Gasteiger partial charge in [0.2, 0.25) is 5.91 Å². The van der Waals surface area contributed by atoms with E-state index >= 15 is 0 Å². The van der Waals surface area contributed by atoms with Gasteiger partial charge in [-0.25, -0.2) is 4.98 Å². The Morgan fingerprint density at radius 1 is 1.24 bits per heavy atom. The van der Waals surface area contributed by atoms with Crippen LogP contribution in [0.25, 0.3) is 11.6 Å². The summed E-state index contributed by atoms with van der Waals surface area (Å²) in [6.45, 7) is 2.56. The van der Waals surface area contributed by atoms with Crippen LogP contribution in [0.4, 0.5) is 18.3 Å². The van der Waals surface area contributed by atoms with Crippen molar-refractivity contribution in [3.05, 3.63) is 64.9 Å². The SMILES string of the molecule is CCn1c(SCC(=O)Nc2ncc(Cc3cccc(C(F)(F)F)c3)s2)nnc1-c1ccco1. The second-order valence-electron chi connectivity index (χ2n) is 6.87. The first kappa shape index (κ1) is 23.1. The number of carbonyl (C=O) groups is 1. The van der Waals surface area contributed by atoms with Crippen LogP contribution in [0, 0.1) is 0 Å². The first-order chi connectivity index (χ1) is 15.8. The molecule has 3 aromatic heterocycles. The van der Waals surface area contributed by atoms with Crippen molar-refractivity contribution in [3.8, 4) is 11.6 Å². The Morgan fingerprint density at radius 3 is 2.82 bits per heavy atom. The third-order valence-corrected chi connectivity index (χ3v) is 6.42. The third kappa shape index (κ3) is 5.63. The summed E-state index contributed by atoms with van der Waals surface area (Å²) in [5.41, 5.74) is -0.168. The minimum absolute atomic E-state index is 0.0961. The molecule has 0 atom stereocenters. The topological polar surface area (TPSA) is 85.8 Å². The fourth-order valence-corrected chi connectivity index (χ4v) is 4.73. The first-order valence-electron chi connectivity index (χ1n) is 9.84. The fourth-order valence-electron chi connectivity index (χ4n) is 3.06. The quantitative estimate of drug-likeness (QED) is 0.333. The van der Waals surface area contributed by atoms with Gasteiger partial charge in [0, 0.05) is 24.0 Å². The van der Waals surface area contributed by atoms with E-state index in [1.54, 1.807) is 30.7 Å². The van der Waals surface area contributed by atoms with Crippen LogP contribution < -0.4 is 5.32 Å². The molecule has 1 aromatic carbocycles. The highest BCUT2D eigenvalue weighted by Crippen LogP contribution is 2.31. The van der Waals surface area contributed by atoms with E-state index in [-0.39, 0.29) is 11.7 Å². The van der Waals surface area contributed by atoms with E-state index in [4.69, 9.17) is 4.42 Å². The average molecular weight is 494 g/mol. The molecular formula is C21H18F3N5O2S2. The van der Waals surface area contributed by atoms with E-state index in [0.29, 0.717) is 40.4 Å². The molecule has 0 fully saturated rings. The number of hydrogen-bond donors (Lipinski definition) is 1. The zero-order valence-corrected chi connectivity index (χ0v) is 18.9. The van der Waals surface area contributed by atoms with Crippen LogP contribution >= 0.6 is 23.1 Å². The molecular weight excluding hydrogens is 475 g/mol. The Bertz CT molecular complexity index is 1230. The third-order valence-electron chi connectivity index (χ3n) is 4.54. The van der Waals surface area contributed by atoms with E-state index in [1.807, 2.05) is 11.5 Å². The number of nitrogens with one attached hydrogen (secondary N) is 1. The summed E-state index contributed by atoms with van der Waals surface area (Å²) >= 11 is 2.46. The van der Waals surface area contributed by atoms with Gasteiger partial charge in [-0.1, -0.05) is 30.0 Å². The number of furan rings is 1. The average Bonchev–Trinajstić information content (AvgIpc) is 3.52. The Kier molecular flexibility index (Phi) is 6.84. The summed E-state index contributed by atoms with van der Waals surface area (Å²) in [7, 11) is 0. The number of aromatic nitrogens is 4. The molecule has 0 unspecified atom stereocenters. The second kappa shape index (κ2) is 9.79. The van der Waals surface area contributed by atoms with Crippen molar-refractivity contribution in [2.75, 3.05) is 11.1 Å². The lowest BCUT2D eigenvalue weighted by molar-refractivity contribution is -0.137. The molecule has 12 heteroatoms. The summed E-state index contributed by atoms with van der Waals surface area (Å²) in [5.74, 6) is 1.00. The zero-order chi connectivity index (χ0) is 23.4. The monoisotopic (exact) mass is 493 g/mol. The lowest BCUT2D eigenvalue weighted by Gasteiger charge is -2.07. The molecule has 0 aliphatic carbocycles. The molecule has 0 saturated carbocycles. The normalized spacial score (nSPS) is 11.6. The molecule has 33 heavy (non-hydrogen) atoms. The first-order valence-corrected chi connectivity index (χ1v) is 11.6. The van der Waals surface area contributed by atoms with E-state index in [9.17, 15) is 18.0 Å². The molecule has 0 bridgehead atoms. The van der Waals surface area contributed by atoms with Crippen LogP contribution in [0.15, 0.2) is 58.4 Å². The number of alkyl halides is 3. The van der Waals surface area contributed by atoms with Crippen LogP contribution in [0.2, 0.25) is 0 Å². The van der Waals surface area contributed by atoms with Gasteiger partial charge in [0.05, 0.1) is 17.6 Å². The van der Waals surface area contributed by atoms with Crippen molar-refractivity contribution in [2.24, 2.45) is 0 Å². The smallest absolute Gasteiger partial charge is 0.416 e. The van der Waals surface area contributed by atoms with Crippen LogP contribution in [-0.4, -0.2) is 31.4 Å². The van der Waals surface area contributed by atoms with E-state index in [2.05, 4.69) is 20.5 Å². The van der Waals surface area contributed by atoms with Crippen LogP contribution in [-0.2, 0) is 23.9 Å². The second-order valence-corrected chi connectivity index (χ2v) is 8.93. The number of hydrogen-bond acceptors (Lipinski definition) is 7. The summed E-state index contributed by atoms with van der Waals surface area (Å²) in [6.07, 6.45) is -0.987. The van der Waals surface area contributed by atoms with Crippen molar-refractivity contribution in [1.29, 1.82) is 0 Å². The summed E-state index contributed by atoms with van der Waals surface area (Å²) in [6, 6.07) is 8.72. The van der Waals surface area contributed by atoms with Gasteiger partial charge in [-0.3, -0.25) is 9.36 Å². The van der Waals surface area contributed by atoms with Crippen molar-refractivity contribution >= 4 is 34.1 Å². The lowest BCUT2D eigenvalue weighted by Crippen LogP contribution is -2.14. The molecule has 4 aromatic rings. The molecule has 0 radical (unpaired) electrons. The van der Waals surface area contributed by atoms with Gasteiger partial charge in [-0.05, 0) is 30.7 Å². The molecule has 4 rings (SSSR count). The Labute approximate surface area is 195 Å². The molecule has 0 saturated heterocycles. The molecule has 1 N–H and O–H groups in total. The van der Waals surface area contributed by atoms with Gasteiger partial charge in [-0.2, -0.15) is 13.2 Å². The Morgan fingerprint density at radius 2 is 2.09 bits per heavy atom. The summed E-state index contributed by atoms with van der Waals surface area (Å²) in [4.78, 5) is 17.3. The highest BCUT2D eigenvalue weighted by molar-refractivity contribution is 7.99. The van der Waals surface area contributed by atoms with Gasteiger partial charge in [0.1, 0.15) is 0 Å². The largest absolute Gasteiger partial charge is 0.461 e. The van der Waals surface area contributed by atoms with Gasteiger partial charge in [-0.15, -0.1) is 21.5 Å². The fraction of sp³-hybridized carbons (Fsp3) is 0.238. The van der Waals surface area contributed by atoms with Crippen molar-refractivity contribution in [2.45, 2.75) is 31.2 Å². The number of carbonyl (C=O) groups excluding carboxylic acids is 1. The molecule has 0 aliphatic rings. The maximum Gasteiger partial charge on any atom is 0.416 e. The maximum absolute atomic E-state index is 12.9. The Hall–Kier alpha value is -3.12. The maximum atomic E-state index is 12.9. The standard InChI is InChI=1S/C21H18F3N5O2S2/c1-2-29-18(16-7-4-8-31-16)27-28-20(29)32-12-17(30)26-19-25-11-15(33-19)10-13-5-3-6-14(9-13)21(22,23)24/h3-9,11H,2,10,12H2,1H3,(H,25,26,30). The van der Waals surface area contributed by atoms with Gasteiger partial charge in [0.15, 0.2) is 21.9 Å². The molecule has 1 amide bonds. The van der Waals surface area contributed by atoms with Gasteiger partial charge >= 0.3 is 6.18 Å². The number of nitrogens with zero attached hydrogens (tertiary/aromatic N) is 4. The van der Waals surface area contributed by atoms with Crippen LogP contribution in [0.3, 0.4) is 0 Å². The minimum atomic E-state index is -4.39. The van der Waals surface area contributed by atoms with Gasteiger partial charge < -0.3 is 9.73 Å². The van der Waals surface area contributed by atoms with E-state index in [0.717, 1.165) is 17.0 Å². The lowest BCUT2D eigenvalue weighted by atomic mass is 10.1. The number of halogens is 3. The predicted molar refractivity (Wildman–Crippen MR) is 119 cm³/mol. The van der Waals surface area contributed by atoms with Crippen molar-refractivity contribution < 1.29 is 22.4 Å². The van der Waals surface area contributed by atoms with E-state index in [1.165, 1.54) is 29.2 Å². The molecule has 0 spiro atoms. The molecule has 7 nitrogen and oxygen atoms in total. The molecule has 3 heterocycles. The van der Waals surface area contributed by atoms with E-state index < -0.39 is 11.7 Å². The summed E-state index contributed by atoms with van der Waals surface area (Å²) in [5, 5.41) is 12.0. The molecule has 172 valence electrons. The number of thiazole rings is 1. The van der Waals surface area contributed by atoms with Crippen molar-refractivity contribution in [3.63, 3.8) is 0 Å². The highest BCUT2D eigenvalue weighted by atomic mass is 32.2. The summed E-state index contributed by atoms with van der Waals surface area (Å²) < 4.78 is 45.9. The number of anilines is 1. The highest BCUT2D eigenvalue weighted by Gasteiger charge is 2.30. The minimum Gasteiger partial charge on any atom is -0.461 e. The number of benzene rings is 1. The predicted octanol–water partition coefficient (Wildman–Crippen LogP) is 5.35. The van der Waals surface area contributed by atoms with Crippen LogP contribution in [0.1, 0.15) is 22.9 Å². The van der Waals surface area contributed by atoms with Crippen LogP contribution in [0.5, 0.6) is 0 Å². The van der Waals surface area contributed by atoms with Gasteiger partial charge in [0.25, 0.3) is 0 Å².